The van der Waals surface area contributed by atoms with Crippen molar-refractivity contribution in [2.24, 2.45) is 0 Å². The number of hydrogen-bond acceptors (Lipinski definition) is 4. The molecule has 0 fully saturated rings. The number of sulfone groups is 1. The summed E-state index contributed by atoms with van der Waals surface area (Å²) in [5, 5.41) is 10.4. The van der Waals surface area contributed by atoms with Crippen LogP contribution in [0.25, 0.3) is 0 Å². The maximum atomic E-state index is 13.0. The van der Waals surface area contributed by atoms with Gasteiger partial charge in [-0.3, -0.25) is 10.1 Å². The first-order chi connectivity index (χ1) is 6.73. The number of rotatable bonds is 2. The summed E-state index contributed by atoms with van der Waals surface area (Å²) in [6.07, 6.45) is 0.914. The highest BCUT2D eigenvalue weighted by molar-refractivity contribution is 7.90. The molecule has 0 aliphatic heterocycles. The van der Waals surface area contributed by atoms with Crippen molar-refractivity contribution >= 4 is 15.5 Å². The van der Waals surface area contributed by atoms with Gasteiger partial charge >= 0.3 is 5.69 Å². The van der Waals surface area contributed by atoms with E-state index in [1.54, 1.807) is 0 Å². The van der Waals surface area contributed by atoms with Crippen molar-refractivity contribution < 1.29 is 17.7 Å². The molecule has 0 bridgehead atoms. The first kappa shape index (κ1) is 11.6. The zero-order chi connectivity index (χ0) is 11.8. The van der Waals surface area contributed by atoms with Crippen LogP contribution in [-0.4, -0.2) is 19.6 Å². The van der Waals surface area contributed by atoms with Gasteiger partial charge in [-0.05, 0) is 18.6 Å². The van der Waals surface area contributed by atoms with E-state index in [2.05, 4.69) is 0 Å². The summed E-state index contributed by atoms with van der Waals surface area (Å²) in [5.74, 6) is -1.04. The van der Waals surface area contributed by atoms with E-state index >= 15 is 0 Å². The van der Waals surface area contributed by atoms with Crippen LogP contribution in [0.15, 0.2) is 17.0 Å². The SMILES string of the molecule is Cc1cc(F)c([N+](=O)[O-])cc1S(C)(=O)=O. The van der Waals surface area contributed by atoms with Gasteiger partial charge in [-0.1, -0.05) is 0 Å². The topological polar surface area (TPSA) is 77.3 Å². The third-order valence-corrected chi connectivity index (χ3v) is 3.08. The van der Waals surface area contributed by atoms with Crippen molar-refractivity contribution in [1.82, 2.24) is 0 Å². The van der Waals surface area contributed by atoms with Crippen LogP contribution in [0.2, 0.25) is 0 Å². The van der Waals surface area contributed by atoms with Crippen LogP contribution in [0.1, 0.15) is 5.56 Å². The third-order valence-electron chi connectivity index (χ3n) is 1.84. The number of aryl methyl sites for hydroxylation is 1. The smallest absolute Gasteiger partial charge is 0.258 e. The number of benzene rings is 1. The number of nitrogens with zero attached hydrogens (tertiary/aromatic N) is 1. The maximum Gasteiger partial charge on any atom is 0.306 e. The first-order valence-electron chi connectivity index (χ1n) is 3.88. The van der Waals surface area contributed by atoms with Crippen LogP contribution in [0, 0.1) is 22.9 Å². The molecule has 0 saturated carbocycles. The molecule has 5 nitrogen and oxygen atoms in total. The van der Waals surface area contributed by atoms with Crippen molar-refractivity contribution in [3.63, 3.8) is 0 Å². The Morgan fingerprint density at radius 2 is 1.93 bits per heavy atom. The van der Waals surface area contributed by atoms with E-state index in [1.807, 2.05) is 0 Å². The molecule has 82 valence electrons. The molecule has 0 heterocycles. The largest absolute Gasteiger partial charge is 0.306 e. The van der Waals surface area contributed by atoms with Gasteiger partial charge in [0.1, 0.15) is 0 Å². The van der Waals surface area contributed by atoms with Crippen LogP contribution >= 0.6 is 0 Å². The van der Waals surface area contributed by atoms with Crippen LogP contribution < -0.4 is 0 Å². The first-order valence-corrected chi connectivity index (χ1v) is 5.77. The number of nitro benzene ring substituents is 1. The second-order valence-electron chi connectivity index (χ2n) is 3.10. The van der Waals surface area contributed by atoms with Gasteiger partial charge in [-0.25, -0.2) is 8.42 Å². The zero-order valence-corrected chi connectivity index (χ0v) is 8.84. The monoisotopic (exact) mass is 233 g/mol. The minimum absolute atomic E-state index is 0.153. The minimum Gasteiger partial charge on any atom is -0.258 e. The predicted molar refractivity (Wildman–Crippen MR) is 50.9 cm³/mol. The molecule has 0 aliphatic rings. The van der Waals surface area contributed by atoms with Crippen LogP contribution in [0.5, 0.6) is 0 Å². The second kappa shape index (κ2) is 3.58. The Labute approximate surface area is 85.6 Å². The molecular formula is C8H8FNO4S. The average molecular weight is 233 g/mol. The molecule has 0 atom stereocenters. The average Bonchev–Trinajstić information content (AvgIpc) is 2.00. The van der Waals surface area contributed by atoms with E-state index in [4.69, 9.17) is 0 Å². The zero-order valence-electron chi connectivity index (χ0n) is 8.02. The summed E-state index contributed by atoms with van der Waals surface area (Å²) >= 11 is 0. The Morgan fingerprint density at radius 3 is 2.33 bits per heavy atom. The lowest BCUT2D eigenvalue weighted by atomic mass is 10.2. The number of halogens is 1. The standard InChI is InChI=1S/C8H8FNO4S/c1-5-3-6(9)7(10(11)12)4-8(5)15(2,13)14/h3-4H,1-2H3. The molecule has 0 aliphatic carbocycles. The Bertz CT molecular complexity index is 524. The summed E-state index contributed by atoms with van der Waals surface area (Å²) in [6, 6.07) is 1.58. The molecule has 0 saturated heterocycles. The lowest BCUT2D eigenvalue weighted by Gasteiger charge is -2.03. The van der Waals surface area contributed by atoms with Crippen molar-refractivity contribution in [3.05, 3.63) is 33.6 Å². The molecule has 0 unspecified atom stereocenters. The summed E-state index contributed by atoms with van der Waals surface area (Å²) < 4.78 is 35.4. The third kappa shape index (κ3) is 2.30. The van der Waals surface area contributed by atoms with E-state index in [0.717, 1.165) is 18.4 Å². The van der Waals surface area contributed by atoms with Crippen LogP contribution in [0.4, 0.5) is 10.1 Å². The normalized spacial score (nSPS) is 11.4. The van der Waals surface area contributed by atoms with Crippen molar-refractivity contribution in [1.29, 1.82) is 0 Å². The van der Waals surface area contributed by atoms with Gasteiger partial charge in [-0.15, -0.1) is 0 Å². The van der Waals surface area contributed by atoms with Crippen molar-refractivity contribution in [2.45, 2.75) is 11.8 Å². The van der Waals surface area contributed by atoms with E-state index in [0.29, 0.717) is 0 Å². The Kier molecular flexibility index (Phi) is 2.76. The summed E-state index contributed by atoms with van der Waals surface area (Å²) in [4.78, 5) is 9.20. The summed E-state index contributed by atoms with van der Waals surface area (Å²) in [6.45, 7) is 1.38. The lowest BCUT2D eigenvalue weighted by Crippen LogP contribution is -2.03. The van der Waals surface area contributed by atoms with E-state index in [1.165, 1.54) is 6.92 Å². The Balaban J connectivity index is 3.58. The van der Waals surface area contributed by atoms with Gasteiger partial charge in [0.2, 0.25) is 5.82 Å². The maximum absolute atomic E-state index is 13.0. The molecule has 1 rings (SSSR count). The summed E-state index contributed by atoms with van der Waals surface area (Å²) in [5.41, 5.74) is -0.679. The van der Waals surface area contributed by atoms with Gasteiger partial charge in [-0.2, -0.15) is 4.39 Å². The van der Waals surface area contributed by atoms with Crippen molar-refractivity contribution in [2.75, 3.05) is 6.26 Å². The van der Waals surface area contributed by atoms with Crippen molar-refractivity contribution in [3.8, 4) is 0 Å². The highest BCUT2D eigenvalue weighted by Gasteiger charge is 2.21. The molecule has 15 heavy (non-hydrogen) atoms. The van der Waals surface area contributed by atoms with Gasteiger partial charge in [0.25, 0.3) is 0 Å². The molecular weight excluding hydrogens is 225 g/mol. The van der Waals surface area contributed by atoms with Crippen LogP contribution in [0.3, 0.4) is 0 Å². The van der Waals surface area contributed by atoms with Gasteiger partial charge < -0.3 is 0 Å². The van der Waals surface area contributed by atoms with E-state index in [-0.39, 0.29) is 10.5 Å². The molecule has 0 aromatic heterocycles. The molecule has 1 aromatic rings. The Morgan fingerprint density at radius 1 is 1.40 bits per heavy atom. The van der Waals surface area contributed by atoms with Crippen LogP contribution in [-0.2, 0) is 9.84 Å². The quantitative estimate of drug-likeness (QED) is 0.440. The predicted octanol–water partition coefficient (Wildman–Crippen LogP) is 1.45. The van der Waals surface area contributed by atoms with E-state index < -0.39 is 26.3 Å². The Hall–Kier alpha value is -1.50. The molecule has 7 heteroatoms. The summed E-state index contributed by atoms with van der Waals surface area (Å²) in [7, 11) is -3.58. The highest BCUT2D eigenvalue weighted by atomic mass is 32.2. The highest BCUT2D eigenvalue weighted by Crippen LogP contribution is 2.24. The fourth-order valence-electron chi connectivity index (χ4n) is 1.18. The molecule has 0 spiro atoms. The molecule has 0 N–H and O–H groups in total. The van der Waals surface area contributed by atoms with E-state index in [9.17, 15) is 22.9 Å². The molecule has 0 radical (unpaired) electrons. The fourth-order valence-corrected chi connectivity index (χ4v) is 2.15. The number of nitro groups is 1. The number of hydrogen-bond donors (Lipinski definition) is 0. The van der Waals surface area contributed by atoms with Gasteiger partial charge in [0.05, 0.1) is 9.82 Å². The minimum atomic E-state index is -3.58. The van der Waals surface area contributed by atoms with Gasteiger partial charge in [0, 0.05) is 12.3 Å². The lowest BCUT2D eigenvalue weighted by molar-refractivity contribution is -0.387. The fraction of sp³-hybridized carbons (Fsp3) is 0.250. The van der Waals surface area contributed by atoms with Gasteiger partial charge in [0.15, 0.2) is 9.84 Å². The molecule has 1 aromatic carbocycles. The molecule has 0 amide bonds. The second-order valence-corrected chi connectivity index (χ2v) is 5.08.